The number of methoxy groups -OCH3 is 3. The summed E-state index contributed by atoms with van der Waals surface area (Å²) in [5.41, 5.74) is 4.85. The first-order valence-corrected chi connectivity index (χ1v) is 12.8. The average Bonchev–Trinajstić information content (AvgIpc) is 2.79. The second kappa shape index (κ2) is 10.8. The number of unbranched alkanes of at least 4 members (excludes halogenated alkanes) is 1. The van der Waals surface area contributed by atoms with E-state index in [4.69, 9.17) is 14.2 Å². The van der Waals surface area contributed by atoms with Crippen LogP contribution in [0.1, 0.15) is 40.7 Å². The minimum atomic E-state index is -3.57. The average molecular weight is 477 g/mol. The Balaban J connectivity index is 1.53. The van der Waals surface area contributed by atoms with Gasteiger partial charge in [0.05, 0.1) is 26.2 Å². The van der Waals surface area contributed by atoms with E-state index in [1.807, 2.05) is 20.8 Å². The zero-order valence-electron chi connectivity index (χ0n) is 20.6. The monoisotopic (exact) mass is 476 g/mol. The van der Waals surface area contributed by atoms with Gasteiger partial charge in [0, 0.05) is 19.6 Å². The molecular weight excluding hydrogens is 440 g/mol. The van der Waals surface area contributed by atoms with Crippen LogP contribution in [-0.2, 0) is 23.0 Å². The van der Waals surface area contributed by atoms with Crippen LogP contribution in [0.15, 0.2) is 23.1 Å². The maximum atomic E-state index is 13.0. The zero-order valence-corrected chi connectivity index (χ0v) is 21.4. The minimum absolute atomic E-state index is 0.359. The highest BCUT2D eigenvalue weighted by Gasteiger charge is 2.23. The third-order valence-electron chi connectivity index (χ3n) is 6.46. The third-order valence-corrected chi connectivity index (χ3v) is 8.21. The molecular formula is C25H36N2O5S. The van der Waals surface area contributed by atoms with E-state index in [9.17, 15) is 8.42 Å². The van der Waals surface area contributed by atoms with E-state index in [1.165, 1.54) is 11.1 Å². The summed E-state index contributed by atoms with van der Waals surface area (Å²) in [6.45, 7) is 8.72. The van der Waals surface area contributed by atoms with Gasteiger partial charge in [0.2, 0.25) is 10.0 Å². The van der Waals surface area contributed by atoms with Gasteiger partial charge < -0.3 is 14.2 Å². The molecule has 0 fully saturated rings. The molecule has 2 aromatic rings. The van der Waals surface area contributed by atoms with Gasteiger partial charge in [0.25, 0.3) is 0 Å². The fourth-order valence-electron chi connectivity index (χ4n) is 4.52. The highest BCUT2D eigenvalue weighted by Crippen LogP contribution is 2.33. The lowest BCUT2D eigenvalue weighted by Crippen LogP contribution is -2.32. The van der Waals surface area contributed by atoms with Crippen LogP contribution >= 0.6 is 0 Å². The molecule has 0 aromatic heterocycles. The first-order valence-electron chi connectivity index (χ1n) is 11.3. The van der Waals surface area contributed by atoms with Crippen molar-refractivity contribution >= 4 is 10.0 Å². The number of sulfonamides is 1. The molecule has 1 N–H and O–H groups in total. The van der Waals surface area contributed by atoms with Crippen LogP contribution in [0.4, 0.5) is 0 Å². The van der Waals surface area contributed by atoms with Crippen LogP contribution in [0.2, 0.25) is 0 Å². The van der Waals surface area contributed by atoms with Crippen molar-refractivity contribution in [3.05, 3.63) is 46.0 Å². The summed E-state index contributed by atoms with van der Waals surface area (Å²) in [6.07, 6.45) is 2.67. The Bertz CT molecular complexity index is 1100. The lowest BCUT2D eigenvalue weighted by atomic mass is 9.98. The second-order valence-corrected chi connectivity index (χ2v) is 10.3. The molecule has 0 unspecified atom stereocenters. The van der Waals surface area contributed by atoms with Crippen LogP contribution < -0.4 is 18.9 Å². The molecule has 2 aromatic carbocycles. The van der Waals surface area contributed by atoms with E-state index in [2.05, 4.69) is 21.8 Å². The Kier molecular flexibility index (Phi) is 8.26. The van der Waals surface area contributed by atoms with Crippen molar-refractivity contribution in [3.8, 4) is 17.2 Å². The van der Waals surface area contributed by atoms with Crippen molar-refractivity contribution in [1.82, 2.24) is 9.62 Å². The van der Waals surface area contributed by atoms with E-state index >= 15 is 0 Å². The molecule has 0 aliphatic carbocycles. The fraction of sp³-hybridized carbons (Fsp3) is 0.520. The lowest BCUT2D eigenvalue weighted by Gasteiger charge is -2.29. The van der Waals surface area contributed by atoms with Crippen LogP contribution in [0, 0.1) is 20.8 Å². The smallest absolute Gasteiger partial charge is 0.241 e. The molecule has 0 amide bonds. The van der Waals surface area contributed by atoms with Gasteiger partial charge in [0.15, 0.2) is 11.5 Å². The van der Waals surface area contributed by atoms with Gasteiger partial charge in [-0.15, -0.1) is 0 Å². The predicted octanol–water partition coefficient (Wildman–Crippen LogP) is 3.75. The summed E-state index contributed by atoms with van der Waals surface area (Å²) in [5.74, 6) is 2.24. The molecule has 182 valence electrons. The van der Waals surface area contributed by atoms with E-state index < -0.39 is 10.0 Å². The maximum Gasteiger partial charge on any atom is 0.241 e. The molecule has 3 rings (SSSR count). The van der Waals surface area contributed by atoms with Gasteiger partial charge >= 0.3 is 0 Å². The highest BCUT2D eigenvalue weighted by atomic mass is 32.2. The molecule has 1 aliphatic rings. The van der Waals surface area contributed by atoms with Gasteiger partial charge in [-0.2, -0.15) is 0 Å². The first-order chi connectivity index (χ1) is 15.7. The third kappa shape index (κ3) is 5.62. The normalized spacial score (nSPS) is 14.1. The van der Waals surface area contributed by atoms with E-state index in [0.29, 0.717) is 22.8 Å². The molecule has 7 nitrogen and oxygen atoms in total. The number of hydrogen-bond donors (Lipinski definition) is 1. The summed E-state index contributed by atoms with van der Waals surface area (Å²) < 4.78 is 44.9. The number of nitrogens with one attached hydrogen (secondary N) is 1. The molecule has 33 heavy (non-hydrogen) atoms. The Labute approximate surface area is 198 Å². The maximum absolute atomic E-state index is 13.0. The molecule has 1 heterocycles. The van der Waals surface area contributed by atoms with Crippen molar-refractivity contribution in [1.29, 1.82) is 0 Å². The quantitative estimate of drug-likeness (QED) is 0.526. The zero-order chi connectivity index (χ0) is 24.2. The molecule has 0 radical (unpaired) electrons. The topological polar surface area (TPSA) is 77.1 Å². The largest absolute Gasteiger partial charge is 0.496 e. The first kappa shape index (κ1) is 25.3. The van der Waals surface area contributed by atoms with E-state index in [0.717, 1.165) is 61.5 Å². The number of rotatable bonds is 10. The number of hydrogen-bond acceptors (Lipinski definition) is 6. The van der Waals surface area contributed by atoms with E-state index in [1.54, 1.807) is 27.4 Å². The van der Waals surface area contributed by atoms with Crippen molar-refractivity contribution < 1.29 is 22.6 Å². The Morgan fingerprint density at radius 1 is 0.879 bits per heavy atom. The van der Waals surface area contributed by atoms with Crippen LogP contribution in [0.5, 0.6) is 17.2 Å². The molecule has 1 aliphatic heterocycles. The number of fused-ring (bicyclic) bond motifs is 1. The van der Waals surface area contributed by atoms with Crippen molar-refractivity contribution in [2.24, 2.45) is 0 Å². The number of benzene rings is 2. The Morgan fingerprint density at radius 2 is 1.52 bits per heavy atom. The van der Waals surface area contributed by atoms with Crippen LogP contribution in [0.25, 0.3) is 0 Å². The summed E-state index contributed by atoms with van der Waals surface area (Å²) in [6, 6.07) is 5.93. The van der Waals surface area contributed by atoms with Gasteiger partial charge in [0.1, 0.15) is 5.75 Å². The number of nitrogens with zero attached hydrogens (tertiary/aromatic N) is 1. The fourth-order valence-corrected chi connectivity index (χ4v) is 6.11. The molecule has 0 bridgehead atoms. The highest BCUT2D eigenvalue weighted by molar-refractivity contribution is 7.89. The van der Waals surface area contributed by atoms with Crippen molar-refractivity contribution in [3.63, 3.8) is 0 Å². The lowest BCUT2D eigenvalue weighted by molar-refractivity contribution is 0.248. The Morgan fingerprint density at radius 3 is 2.15 bits per heavy atom. The predicted molar refractivity (Wildman–Crippen MR) is 130 cm³/mol. The summed E-state index contributed by atoms with van der Waals surface area (Å²) in [5, 5.41) is 0. The van der Waals surface area contributed by atoms with E-state index in [-0.39, 0.29) is 0 Å². The number of aryl methyl sites for hydroxylation is 1. The SMILES string of the molecule is COc1cc2c(cc1OC)CN(CCCCNS(=O)(=O)c1c(C)cc(OC)c(C)c1C)CC2. The minimum Gasteiger partial charge on any atom is -0.496 e. The van der Waals surface area contributed by atoms with Crippen LogP contribution in [0.3, 0.4) is 0 Å². The van der Waals surface area contributed by atoms with Crippen LogP contribution in [-0.4, -0.2) is 54.3 Å². The summed E-state index contributed by atoms with van der Waals surface area (Å²) in [7, 11) is 1.34. The van der Waals surface area contributed by atoms with Gasteiger partial charge in [-0.25, -0.2) is 13.1 Å². The van der Waals surface area contributed by atoms with Gasteiger partial charge in [-0.3, -0.25) is 4.90 Å². The summed E-state index contributed by atoms with van der Waals surface area (Å²) >= 11 is 0. The van der Waals surface area contributed by atoms with Gasteiger partial charge in [-0.1, -0.05) is 0 Å². The van der Waals surface area contributed by atoms with Crippen molar-refractivity contribution in [2.45, 2.75) is 51.5 Å². The van der Waals surface area contributed by atoms with Crippen molar-refractivity contribution in [2.75, 3.05) is 41.0 Å². The molecule has 0 atom stereocenters. The summed E-state index contributed by atoms with van der Waals surface area (Å²) in [4.78, 5) is 2.77. The molecule has 8 heteroatoms. The van der Waals surface area contributed by atoms with Gasteiger partial charge in [-0.05, 0) is 92.6 Å². The molecule has 0 saturated carbocycles. The standard InChI is InChI=1S/C25H36N2O5S/c1-17-13-22(30-4)18(2)19(3)25(17)33(28,29)26-10-7-8-11-27-12-9-20-14-23(31-5)24(32-6)15-21(20)16-27/h13-15,26H,7-12,16H2,1-6H3. The molecule has 0 spiro atoms. The second-order valence-electron chi connectivity index (χ2n) is 8.58. The molecule has 0 saturated heterocycles. The number of ether oxygens (including phenoxy) is 3. The Hall–Kier alpha value is -2.29.